The largest absolute Gasteiger partial charge is 0.338 e. The van der Waals surface area contributed by atoms with E-state index in [4.69, 9.17) is 5.73 Å². The molecule has 0 aliphatic carbocycles. The molecule has 1 amide bonds. The van der Waals surface area contributed by atoms with Crippen LogP contribution in [0, 0.1) is 5.82 Å². The molecule has 19 heavy (non-hydrogen) atoms. The summed E-state index contributed by atoms with van der Waals surface area (Å²) in [7, 11) is 0. The van der Waals surface area contributed by atoms with Crippen molar-refractivity contribution in [3.05, 3.63) is 41.7 Å². The fraction of sp³-hybridized carbons (Fsp3) is 0.357. The second-order valence-electron chi connectivity index (χ2n) is 4.67. The van der Waals surface area contributed by atoms with Gasteiger partial charge in [-0.1, -0.05) is 12.1 Å². The Kier molecular flexibility index (Phi) is 5.51. The number of amides is 1. The van der Waals surface area contributed by atoms with Crippen molar-refractivity contribution in [1.29, 1.82) is 0 Å². The van der Waals surface area contributed by atoms with E-state index in [0.29, 0.717) is 13.1 Å². The predicted octanol–water partition coefficient (Wildman–Crippen LogP) is 2.21. The van der Waals surface area contributed by atoms with Crippen LogP contribution in [0.1, 0.15) is 18.9 Å². The maximum atomic E-state index is 13.1. The molecular weight excluding hydrogens is 267 g/mol. The summed E-state index contributed by atoms with van der Waals surface area (Å²) < 4.78 is 13.1. The molecular formula is C14H18ClFN2O. The summed E-state index contributed by atoms with van der Waals surface area (Å²) in [5.74, 6) is -0.347. The van der Waals surface area contributed by atoms with Gasteiger partial charge in [0, 0.05) is 25.2 Å². The van der Waals surface area contributed by atoms with Crippen LogP contribution >= 0.6 is 12.4 Å². The fourth-order valence-electron chi connectivity index (χ4n) is 2.08. The van der Waals surface area contributed by atoms with Crippen LogP contribution in [-0.4, -0.2) is 29.9 Å². The quantitative estimate of drug-likeness (QED) is 0.847. The van der Waals surface area contributed by atoms with E-state index in [9.17, 15) is 9.18 Å². The molecule has 1 aliphatic heterocycles. The summed E-state index contributed by atoms with van der Waals surface area (Å²) in [4.78, 5) is 13.7. The van der Waals surface area contributed by atoms with E-state index in [-0.39, 0.29) is 30.2 Å². The maximum Gasteiger partial charge on any atom is 0.246 e. The maximum absolute atomic E-state index is 13.1. The van der Waals surface area contributed by atoms with Crippen LogP contribution in [0.3, 0.4) is 0 Å². The zero-order chi connectivity index (χ0) is 13.1. The van der Waals surface area contributed by atoms with Gasteiger partial charge in [0.1, 0.15) is 5.82 Å². The highest BCUT2D eigenvalue weighted by Crippen LogP contribution is 2.16. The Morgan fingerprint density at radius 1 is 1.53 bits per heavy atom. The van der Waals surface area contributed by atoms with Gasteiger partial charge in [0.05, 0.1) is 0 Å². The zero-order valence-corrected chi connectivity index (χ0v) is 11.6. The molecule has 3 nitrogen and oxygen atoms in total. The molecule has 0 unspecified atom stereocenters. The van der Waals surface area contributed by atoms with Gasteiger partial charge in [-0.25, -0.2) is 4.39 Å². The number of carbonyl (C=O) groups is 1. The number of carbonyl (C=O) groups excluding carboxylic acids is 1. The summed E-state index contributed by atoms with van der Waals surface area (Å²) in [6.07, 6.45) is 2.39. The molecule has 1 saturated heterocycles. The van der Waals surface area contributed by atoms with Crippen molar-refractivity contribution in [3.8, 4) is 0 Å². The van der Waals surface area contributed by atoms with Crippen molar-refractivity contribution in [2.75, 3.05) is 13.1 Å². The molecule has 5 heteroatoms. The first kappa shape index (κ1) is 15.7. The molecule has 0 spiro atoms. The first-order valence-electron chi connectivity index (χ1n) is 6.05. The van der Waals surface area contributed by atoms with Crippen molar-refractivity contribution in [1.82, 2.24) is 4.90 Å². The Morgan fingerprint density at radius 2 is 2.26 bits per heavy atom. The number of nitrogens with zero attached hydrogens (tertiary/aromatic N) is 1. The number of benzene rings is 1. The third kappa shape index (κ3) is 4.04. The molecule has 0 saturated carbocycles. The molecule has 1 aromatic rings. The van der Waals surface area contributed by atoms with Crippen molar-refractivity contribution in [2.24, 2.45) is 5.73 Å². The van der Waals surface area contributed by atoms with Gasteiger partial charge in [-0.3, -0.25) is 4.79 Å². The lowest BCUT2D eigenvalue weighted by molar-refractivity contribution is -0.125. The van der Waals surface area contributed by atoms with Gasteiger partial charge < -0.3 is 10.6 Å². The van der Waals surface area contributed by atoms with E-state index in [1.54, 1.807) is 23.1 Å². The number of hydrogen-bond acceptors (Lipinski definition) is 2. The van der Waals surface area contributed by atoms with Gasteiger partial charge in [-0.15, -0.1) is 12.4 Å². The minimum Gasteiger partial charge on any atom is -0.338 e. The Labute approximate surface area is 118 Å². The topological polar surface area (TPSA) is 46.3 Å². The minimum atomic E-state index is -0.295. The van der Waals surface area contributed by atoms with E-state index in [0.717, 1.165) is 17.6 Å². The fourth-order valence-corrected chi connectivity index (χ4v) is 2.08. The number of rotatable bonds is 2. The zero-order valence-electron chi connectivity index (χ0n) is 10.8. The monoisotopic (exact) mass is 284 g/mol. The van der Waals surface area contributed by atoms with Gasteiger partial charge in [0.25, 0.3) is 0 Å². The molecule has 0 aromatic heterocycles. The first-order chi connectivity index (χ1) is 8.56. The summed E-state index contributed by atoms with van der Waals surface area (Å²) in [5.41, 5.74) is 7.25. The van der Waals surface area contributed by atoms with E-state index < -0.39 is 0 Å². The van der Waals surface area contributed by atoms with Crippen molar-refractivity contribution in [3.63, 3.8) is 0 Å². The highest BCUT2D eigenvalue weighted by molar-refractivity contribution is 5.95. The number of nitrogens with two attached hydrogens (primary N) is 1. The van der Waals surface area contributed by atoms with Crippen LogP contribution in [0.15, 0.2) is 30.3 Å². The lowest BCUT2D eigenvalue weighted by atomic mass is 10.1. The van der Waals surface area contributed by atoms with E-state index in [2.05, 4.69) is 0 Å². The Morgan fingerprint density at radius 3 is 2.84 bits per heavy atom. The van der Waals surface area contributed by atoms with E-state index in [1.807, 2.05) is 6.92 Å². The number of halogens is 2. The van der Waals surface area contributed by atoms with Crippen LogP contribution in [0.4, 0.5) is 4.39 Å². The van der Waals surface area contributed by atoms with Crippen molar-refractivity contribution >= 4 is 23.9 Å². The normalized spacial score (nSPS) is 19.2. The van der Waals surface area contributed by atoms with Gasteiger partial charge in [0.2, 0.25) is 5.91 Å². The van der Waals surface area contributed by atoms with E-state index >= 15 is 0 Å². The molecule has 2 rings (SSSR count). The van der Waals surface area contributed by atoms with Gasteiger partial charge >= 0.3 is 0 Å². The number of hydrogen-bond donors (Lipinski definition) is 1. The van der Waals surface area contributed by atoms with Crippen molar-refractivity contribution in [2.45, 2.75) is 19.4 Å². The van der Waals surface area contributed by atoms with Crippen LogP contribution in [0.25, 0.3) is 5.57 Å². The van der Waals surface area contributed by atoms with Crippen LogP contribution in [-0.2, 0) is 4.79 Å². The molecule has 1 atom stereocenters. The summed E-state index contributed by atoms with van der Waals surface area (Å²) >= 11 is 0. The minimum absolute atomic E-state index is 0. The standard InChI is InChI=1S/C14H17FN2O.ClH/c1-10(11-3-2-4-12(15)8-11)7-14(18)17-6-5-13(16)9-17;/h2-4,7-8,13H,5-6,9,16H2,1H3;1H/t13-;/m0./s1. The molecule has 1 fully saturated rings. The Bertz CT molecular complexity index is 490. The Balaban J connectivity index is 0.00000180. The summed E-state index contributed by atoms with van der Waals surface area (Å²) in [5, 5.41) is 0. The third-order valence-electron chi connectivity index (χ3n) is 3.16. The van der Waals surface area contributed by atoms with Crippen molar-refractivity contribution < 1.29 is 9.18 Å². The molecule has 0 radical (unpaired) electrons. The lowest BCUT2D eigenvalue weighted by Crippen LogP contribution is -2.30. The SMILES string of the molecule is CC(=CC(=O)N1CC[C@H](N)C1)c1cccc(F)c1.Cl. The lowest BCUT2D eigenvalue weighted by Gasteiger charge is -2.13. The Hall–Kier alpha value is -1.39. The van der Waals surface area contributed by atoms with Crippen LogP contribution < -0.4 is 5.73 Å². The second kappa shape index (κ2) is 6.68. The van der Waals surface area contributed by atoms with Gasteiger partial charge in [-0.2, -0.15) is 0 Å². The number of allylic oxidation sites excluding steroid dienone is 1. The molecule has 1 aromatic carbocycles. The smallest absolute Gasteiger partial charge is 0.246 e. The average molecular weight is 285 g/mol. The highest BCUT2D eigenvalue weighted by Gasteiger charge is 2.22. The predicted molar refractivity (Wildman–Crippen MR) is 76.5 cm³/mol. The van der Waals surface area contributed by atoms with Crippen LogP contribution in [0.2, 0.25) is 0 Å². The molecule has 0 bridgehead atoms. The van der Waals surface area contributed by atoms with E-state index in [1.165, 1.54) is 12.1 Å². The van der Waals surface area contributed by atoms with Gasteiger partial charge in [-0.05, 0) is 36.6 Å². The molecule has 2 N–H and O–H groups in total. The summed E-state index contributed by atoms with van der Waals surface area (Å²) in [6.45, 7) is 3.11. The molecule has 104 valence electrons. The summed E-state index contributed by atoms with van der Waals surface area (Å²) in [6, 6.07) is 6.32. The highest BCUT2D eigenvalue weighted by atomic mass is 35.5. The third-order valence-corrected chi connectivity index (χ3v) is 3.16. The second-order valence-corrected chi connectivity index (χ2v) is 4.67. The van der Waals surface area contributed by atoms with Gasteiger partial charge in [0.15, 0.2) is 0 Å². The average Bonchev–Trinajstić information content (AvgIpc) is 2.76. The number of likely N-dealkylation sites (tertiary alicyclic amines) is 1. The first-order valence-corrected chi connectivity index (χ1v) is 6.05. The van der Waals surface area contributed by atoms with Crippen LogP contribution in [0.5, 0.6) is 0 Å². The molecule has 1 heterocycles. The molecule has 1 aliphatic rings.